The molecule has 50 heavy (non-hydrogen) atoms. The summed E-state index contributed by atoms with van der Waals surface area (Å²) in [6, 6.07) is 15.1. The zero-order chi connectivity index (χ0) is 35.8. The predicted molar refractivity (Wildman–Crippen MR) is 203 cm³/mol. The van der Waals surface area contributed by atoms with Crippen LogP contribution in [0.2, 0.25) is 5.02 Å². The lowest BCUT2D eigenvalue weighted by molar-refractivity contribution is 0.156. The first-order chi connectivity index (χ1) is 24.2. The first-order valence-electron chi connectivity index (χ1n) is 16.2. The van der Waals surface area contributed by atoms with Crippen molar-refractivity contribution in [2.75, 3.05) is 68.8 Å². The van der Waals surface area contributed by atoms with Crippen molar-refractivity contribution in [2.45, 2.75) is 31.1 Å². The van der Waals surface area contributed by atoms with Crippen LogP contribution in [0.25, 0.3) is 22.3 Å². The van der Waals surface area contributed by atoms with Crippen LogP contribution in [0.5, 0.6) is 34.5 Å². The molecule has 13 heteroatoms. The summed E-state index contributed by atoms with van der Waals surface area (Å²) >= 11 is 13.5. The Morgan fingerprint density at radius 3 is 2.18 bits per heavy atom. The van der Waals surface area contributed by atoms with Crippen molar-refractivity contribution in [3.8, 4) is 45.8 Å². The van der Waals surface area contributed by atoms with Crippen molar-refractivity contribution < 1.29 is 32.8 Å². The Kier molecular flexibility index (Phi) is 13.0. The molecule has 1 aliphatic rings. The highest BCUT2D eigenvalue weighted by atomic mass is 35.5. The fourth-order valence-electron chi connectivity index (χ4n) is 6.03. The van der Waals surface area contributed by atoms with Crippen molar-refractivity contribution in [1.29, 1.82) is 0 Å². The molecule has 4 aromatic rings. The lowest BCUT2D eigenvalue weighted by Gasteiger charge is -2.37. The number of thiocarbonyl (C=S) groups is 1. The van der Waals surface area contributed by atoms with E-state index in [2.05, 4.69) is 16.8 Å². The Balaban J connectivity index is 1.27. The SMILES string of the molecule is COc1cc(OC)c2c(=O)c(OCCCN(C)C3CCN(C(=S)SCc4ccc(Cl)cc4)CC3)c(-c3cc(OC)c(OC)c(OC)c3)oc2c1. The number of benzene rings is 3. The standard InChI is InChI=1S/C37H43ClN2O8S2/c1-39(26-12-15-40(16-13-26)37(49)50-22-23-8-10-25(38)11-9-23)14-7-17-47-36-33(41)32-28(43-3)20-27(42-2)21-29(32)48-34(36)24-18-30(44-4)35(46-6)31(19-24)45-5/h8-11,18-21,26H,7,12-17,22H2,1-6H3. The molecule has 1 aliphatic heterocycles. The predicted octanol–water partition coefficient (Wildman–Crippen LogP) is 7.54. The third-order valence-corrected chi connectivity index (χ3v) is 10.6. The van der Waals surface area contributed by atoms with Gasteiger partial charge >= 0.3 is 0 Å². The maximum absolute atomic E-state index is 14.1. The van der Waals surface area contributed by atoms with E-state index in [0.29, 0.717) is 53.4 Å². The molecule has 0 amide bonds. The number of nitrogens with zero attached hydrogens (tertiary/aromatic N) is 2. The Hall–Kier alpha value is -3.84. The summed E-state index contributed by atoms with van der Waals surface area (Å²) in [4.78, 5) is 18.8. The molecule has 0 bridgehead atoms. The normalized spacial score (nSPS) is 13.4. The zero-order valence-corrected chi connectivity index (χ0v) is 31.6. The van der Waals surface area contributed by atoms with Gasteiger partial charge in [0.05, 0.1) is 42.2 Å². The van der Waals surface area contributed by atoms with Crippen molar-refractivity contribution in [1.82, 2.24) is 9.80 Å². The van der Waals surface area contributed by atoms with Crippen LogP contribution >= 0.6 is 35.6 Å². The molecule has 1 fully saturated rings. The highest BCUT2D eigenvalue weighted by molar-refractivity contribution is 8.22. The second-order valence-electron chi connectivity index (χ2n) is 11.8. The molecule has 10 nitrogen and oxygen atoms in total. The van der Waals surface area contributed by atoms with Crippen molar-refractivity contribution >= 4 is 50.9 Å². The van der Waals surface area contributed by atoms with Crippen LogP contribution in [0.15, 0.2) is 57.7 Å². The van der Waals surface area contributed by atoms with Gasteiger partial charge in [-0.25, -0.2) is 0 Å². The van der Waals surface area contributed by atoms with Gasteiger partial charge < -0.3 is 42.6 Å². The minimum atomic E-state index is -0.361. The molecule has 0 unspecified atom stereocenters. The highest BCUT2D eigenvalue weighted by Crippen LogP contribution is 2.44. The van der Waals surface area contributed by atoms with Crippen LogP contribution in [-0.2, 0) is 5.75 Å². The number of halogens is 1. The number of likely N-dealkylation sites (tertiary alicyclic amines) is 1. The summed E-state index contributed by atoms with van der Waals surface area (Å²) in [5.41, 5.74) is 1.65. The molecule has 0 aliphatic carbocycles. The molecule has 2 heterocycles. The molecular weight excluding hydrogens is 700 g/mol. The fraction of sp³-hybridized carbons (Fsp3) is 0.405. The molecule has 0 spiro atoms. The molecule has 0 saturated carbocycles. The second-order valence-corrected chi connectivity index (χ2v) is 13.8. The molecule has 5 rings (SSSR count). The second kappa shape index (κ2) is 17.4. The van der Waals surface area contributed by atoms with Gasteiger partial charge in [0.15, 0.2) is 17.3 Å². The summed E-state index contributed by atoms with van der Waals surface area (Å²) in [5, 5.41) is 0.994. The maximum Gasteiger partial charge on any atom is 0.239 e. The van der Waals surface area contributed by atoms with Crippen molar-refractivity contribution in [3.63, 3.8) is 0 Å². The van der Waals surface area contributed by atoms with E-state index < -0.39 is 0 Å². The summed E-state index contributed by atoms with van der Waals surface area (Å²) in [7, 11) is 9.76. The fourth-order valence-corrected chi connectivity index (χ4v) is 7.37. The molecule has 0 N–H and O–H groups in total. The number of rotatable bonds is 14. The average Bonchev–Trinajstić information content (AvgIpc) is 3.15. The number of thioether (sulfide) groups is 1. The minimum Gasteiger partial charge on any atom is -0.496 e. The van der Waals surface area contributed by atoms with Gasteiger partial charge in [-0.3, -0.25) is 4.79 Å². The number of ether oxygens (including phenoxy) is 6. The molecule has 1 aromatic heterocycles. The van der Waals surface area contributed by atoms with Crippen LogP contribution in [0.1, 0.15) is 24.8 Å². The Morgan fingerprint density at radius 2 is 1.58 bits per heavy atom. The monoisotopic (exact) mass is 742 g/mol. The van der Waals surface area contributed by atoms with Crippen LogP contribution in [0.4, 0.5) is 0 Å². The molecule has 268 valence electrons. The van der Waals surface area contributed by atoms with E-state index in [1.165, 1.54) is 41.1 Å². The Morgan fingerprint density at radius 1 is 0.920 bits per heavy atom. The summed E-state index contributed by atoms with van der Waals surface area (Å²) in [6.07, 6.45) is 2.72. The molecule has 0 radical (unpaired) electrons. The first kappa shape index (κ1) is 37.4. The number of methoxy groups -OCH3 is 5. The maximum atomic E-state index is 14.1. The van der Waals surface area contributed by atoms with Crippen LogP contribution in [-0.4, -0.2) is 89.0 Å². The van der Waals surface area contributed by atoms with E-state index in [4.69, 9.17) is 56.7 Å². The van der Waals surface area contributed by atoms with Gasteiger partial charge in [0.2, 0.25) is 16.9 Å². The van der Waals surface area contributed by atoms with E-state index in [1.807, 2.05) is 24.3 Å². The van der Waals surface area contributed by atoms with Gasteiger partial charge in [-0.2, -0.15) is 0 Å². The number of fused-ring (bicyclic) bond motifs is 1. The Labute approximate surface area is 307 Å². The van der Waals surface area contributed by atoms with E-state index in [-0.39, 0.29) is 27.9 Å². The molecule has 3 aromatic carbocycles. The Bertz CT molecular complexity index is 1820. The van der Waals surface area contributed by atoms with E-state index in [1.54, 1.807) is 36.0 Å². The van der Waals surface area contributed by atoms with Gasteiger partial charge in [-0.05, 0) is 56.1 Å². The smallest absolute Gasteiger partial charge is 0.239 e. The van der Waals surface area contributed by atoms with E-state index >= 15 is 0 Å². The highest BCUT2D eigenvalue weighted by Gasteiger charge is 2.26. The van der Waals surface area contributed by atoms with Gasteiger partial charge in [-0.15, -0.1) is 0 Å². The lowest BCUT2D eigenvalue weighted by atomic mass is 10.0. The average molecular weight is 743 g/mol. The quantitative estimate of drug-likeness (QED) is 0.0945. The first-order valence-corrected chi connectivity index (χ1v) is 18.0. The summed E-state index contributed by atoms with van der Waals surface area (Å²) in [6.45, 7) is 2.92. The van der Waals surface area contributed by atoms with Gasteiger partial charge in [-0.1, -0.05) is 47.7 Å². The topological polar surface area (TPSA) is 92.1 Å². The lowest BCUT2D eigenvalue weighted by Crippen LogP contribution is -2.44. The molecular formula is C37H43ClN2O8S2. The van der Waals surface area contributed by atoms with E-state index in [9.17, 15) is 4.79 Å². The summed E-state index contributed by atoms with van der Waals surface area (Å²) < 4.78 is 41.3. The third kappa shape index (κ3) is 8.54. The van der Waals surface area contributed by atoms with Gasteiger partial charge in [0.25, 0.3) is 0 Å². The third-order valence-electron chi connectivity index (χ3n) is 8.80. The van der Waals surface area contributed by atoms with Crippen LogP contribution in [0, 0.1) is 0 Å². The minimum absolute atomic E-state index is 0.0656. The van der Waals surface area contributed by atoms with Crippen molar-refractivity contribution in [3.05, 3.63) is 69.3 Å². The van der Waals surface area contributed by atoms with Crippen LogP contribution < -0.4 is 33.8 Å². The van der Waals surface area contributed by atoms with E-state index in [0.717, 1.165) is 47.6 Å². The van der Waals surface area contributed by atoms with Crippen LogP contribution in [0.3, 0.4) is 0 Å². The zero-order valence-electron chi connectivity index (χ0n) is 29.2. The molecule has 1 saturated heterocycles. The number of hydrogen-bond acceptors (Lipinski definition) is 11. The van der Waals surface area contributed by atoms with Gasteiger partial charge in [0, 0.05) is 54.1 Å². The largest absolute Gasteiger partial charge is 0.496 e. The number of piperidine rings is 1. The van der Waals surface area contributed by atoms with Crippen molar-refractivity contribution in [2.24, 2.45) is 0 Å². The molecule has 0 atom stereocenters. The summed E-state index contributed by atoms with van der Waals surface area (Å²) in [5.74, 6) is 3.16. The number of hydrogen-bond donors (Lipinski definition) is 0. The van der Waals surface area contributed by atoms with Gasteiger partial charge in [0.1, 0.15) is 26.8 Å².